The minimum atomic E-state index is -3.63. The van der Waals surface area contributed by atoms with Crippen molar-refractivity contribution in [1.29, 1.82) is 0 Å². The molecule has 0 saturated heterocycles. The fourth-order valence-electron chi connectivity index (χ4n) is 2.78. The molecule has 4 rings (SSSR count). The van der Waals surface area contributed by atoms with Gasteiger partial charge >= 0.3 is 0 Å². The zero-order chi connectivity index (χ0) is 22.2. The number of sulfonamides is 1. The Kier molecular flexibility index (Phi) is 5.82. The predicted molar refractivity (Wildman–Crippen MR) is 123 cm³/mol. The number of nitrogens with one attached hydrogen (secondary N) is 1. The van der Waals surface area contributed by atoms with Gasteiger partial charge < -0.3 is 4.74 Å². The lowest BCUT2D eigenvalue weighted by atomic mass is 10.2. The number of nitrogens with zero attached hydrogens (tertiary/aromatic N) is 4. The van der Waals surface area contributed by atoms with Crippen LogP contribution in [-0.4, -0.2) is 28.4 Å². The van der Waals surface area contributed by atoms with Gasteiger partial charge in [0.2, 0.25) is 5.88 Å². The molecule has 0 saturated carbocycles. The Morgan fingerprint density at radius 1 is 1.00 bits per heavy atom. The van der Waals surface area contributed by atoms with Crippen molar-refractivity contribution in [2.45, 2.75) is 25.0 Å². The smallest absolute Gasteiger partial charge is 0.271 e. The summed E-state index contributed by atoms with van der Waals surface area (Å²) in [5.41, 5.74) is 3.50. The fourth-order valence-corrected chi connectivity index (χ4v) is 5.85. The largest absolute Gasteiger partial charge is 0.438 e. The number of aromatic nitrogens is 4. The number of thiophene rings is 1. The molecule has 3 aromatic heterocycles. The van der Waals surface area contributed by atoms with E-state index in [2.05, 4.69) is 35.9 Å². The minimum Gasteiger partial charge on any atom is -0.438 e. The quantitative estimate of drug-likeness (QED) is 0.384. The van der Waals surface area contributed by atoms with E-state index in [4.69, 9.17) is 4.74 Å². The molecular weight excluding hydrogens is 502 g/mol. The maximum absolute atomic E-state index is 12.4. The lowest BCUT2D eigenvalue weighted by Gasteiger charge is -2.08. The van der Waals surface area contributed by atoms with Crippen LogP contribution in [0, 0.1) is 20.8 Å². The first kappa shape index (κ1) is 21.5. The molecule has 0 unspecified atom stereocenters. The second-order valence-corrected chi connectivity index (χ2v) is 11.1. The van der Waals surface area contributed by atoms with Crippen LogP contribution in [0.1, 0.15) is 17.0 Å². The molecule has 1 aromatic carbocycles. The first-order chi connectivity index (χ1) is 14.7. The number of aryl methyl sites for hydroxylation is 1. The molecule has 31 heavy (non-hydrogen) atoms. The highest BCUT2D eigenvalue weighted by atomic mass is 79.9. The average molecular weight is 520 g/mol. The fraction of sp³-hybridized carbons (Fsp3) is 0.150. The third-order valence-electron chi connectivity index (χ3n) is 4.64. The van der Waals surface area contributed by atoms with Crippen LogP contribution < -0.4 is 9.46 Å². The topological polar surface area (TPSA) is 99.0 Å². The van der Waals surface area contributed by atoms with Gasteiger partial charge in [-0.3, -0.25) is 4.72 Å². The molecule has 0 bridgehead atoms. The normalized spacial score (nSPS) is 11.5. The summed E-state index contributed by atoms with van der Waals surface area (Å²) in [5.74, 6) is 1.43. The van der Waals surface area contributed by atoms with E-state index in [-0.39, 0.29) is 4.21 Å². The van der Waals surface area contributed by atoms with E-state index >= 15 is 0 Å². The predicted octanol–water partition coefficient (Wildman–Crippen LogP) is 5.00. The Morgan fingerprint density at radius 3 is 2.29 bits per heavy atom. The number of benzene rings is 1. The molecule has 3 heterocycles. The van der Waals surface area contributed by atoms with E-state index in [9.17, 15) is 8.42 Å². The summed E-state index contributed by atoms with van der Waals surface area (Å²) in [6, 6.07) is 13.3. The van der Waals surface area contributed by atoms with Crippen molar-refractivity contribution in [3.05, 3.63) is 69.3 Å². The zero-order valence-corrected chi connectivity index (χ0v) is 20.0. The molecule has 0 aliphatic heterocycles. The van der Waals surface area contributed by atoms with E-state index in [0.29, 0.717) is 23.1 Å². The Hall–Kier alpha value is -2.76. The van der Waals surface area contributed by atoms with Gasteiger partial charge in [-0.05, 0) is 84.7 Å². The van der Waals surface area contributed by atoms with Crippen LogP contribution in [0.3, 0.4) is 0 Å². The van der Waals surface area contributed by atoms with Gasteiger partial charge in [-0.1, -0.05) is 0 Å². The van der Waals surface area contributed by atoms with E-state index in [1.807, 2.05) is 20.8 Å². The van der Waals surface area contributed by atoms with Gasteiger partial charge in [-0.2, -0.15) is 5.10 Å². The molecular formula is C20H18BrN5O3S2. The van der Waals surface area contributed by atoms with Gasteiger partial charge in [0.15, 0.2) is 5.82 Å². The van der Waals surface area contributed by atoms with Crippen molar-refractivity contribution in [3.63, 3.8) is 0 Å². The first-order valence-corrected chi connectivity index (χ1v) is 12.3. The van der Waals surface area contributed by atoms with Gasteiger partial charge in [-0.15, -0.1) is 21.5 Å². The molecule has 0 radical (unpaired) electrons. The second kappa shape index (κ2) is 8.40. The van der Waals surface area contributed by atoms with E-state index in [0.717, 1.165) is 32.1 Å². The van der Waals surface area contributed by atoms with Crippen LogP contribution in [-0.2, 0) is 10.0 Å². The van der Waals surface area contributed by atoms with Crippen LogP contribution in [0.4, 0.5) is 5.69 Å². The van der Waals surface area contributed by atoms with E-state index in [1.165, 1.54) is 0 Å². The SMILES string of the molecule is Cc1nn(-c2ccc(Oc3ccc(NS(=O)(=O)c4ccc(Br)s4)cc3)nn2)c(C)c1C. The van der Waals surface area contributed by atoms with Gasteiger partial charge in [0.25, 0.3) is 10.0 Å². The Morgan fingerprint density at radius 2 is 1.74 bits per heavy atom. The van der Waals surface area contributed by atoms with Crippen molar-refractivity contribution in [2.75, 3.05) is 4.72 Å². The molecule has 0 fully saturated rings. The number of halogens is 1. The highest BCUT2D eigenvalue weighted by Crippen LogP contribution is 2.28. The highest BCUT2D eigenvalue weighted by Gasteiger charge is 2.16. The Labute approximate surface area is 192 Å². The van der Waals surface area contributed by atoms with Gasteiger partial charge in [0.1, 0.15) is 9.96 Å². The number of anilines is 1. The summed E-state index contributed by atoms with van der Waals surface area (Å²) < 4.78 is 35.8. The van der Waals surface area contributed by atoms with Crippen molar-refractivity contribution in [2.24, 2.45) is 0 Å². The number of hydrogen-bond donors (Lipinski definition) is 1. The summed E-state index contributed by atoms with van der Waals surface area (Å²) in [5, 5.41) is 12.8. The van der Waals surface area contributed by atoms with Crippen LogP contribution in [0.5, 0.6) is 11.6 Å². The van der Waals surface area contributed by atoms with Gasteiger partial charge in [-0.25, -0.2) is 13.1 Å². The molecule has 0 aliphatic carbocycles. The second-order valence-electron chi connectivity index (χ2n) is 6.73. The summed E-state index contributed by atoms with van der Waals surface area (Å²) in [4.78, 5) is 0. The zero-order valence-electron chi connectivity index (χ0n) is 16.8. The molecule has 160 valence electrons. The van der Waals surface area contributed by atoms with Gasteiger partial charge in [0.05, 0.1) is 9.48 Å². The molecule has 11 heteroatoms. The average Bonchev–Trinajstić information content (AvgIpc) is 3.29. The maximum atomic E-state index is 12.4. The van der Waals surface area contributed by atoms with E-state index in [1.54, 1.807) is 53.2 Å². The molecule has 1 N–H and O–H groups in total. The number of rotatable bonds is 6. The summed E-state index contributed by atoms with van der Waals surface area (Å²) in [6.45, 7) is 5.95. The van der Waals surface area contributed by atoms with Crippen LogP contribution in [0.15, 0.2) is 56.5 Å². The third-order valence-corrected chi connectivity index (χ3v) is 8.14. The van der Waals surface area contributed by atoms with Crippen molar-refractivity contribution in [3.8, 4) is 17.4 Å². The van der Waals surface area contributed by atoms with Gasteiger partial charge in [0, 0.05) is 17.4 Å². The van der Waals surface area contributed by atoms with Crippen molar-refractivity contribution in [1.82, 2.24) is 20.0 Å². The molecule has 0 aliphatic rings. The lowest BCUT2D eigenvalue weighted by molar-refractivity contribution is 0.454. The van der Waals surface area contributed by atoms with E-state index < -0.39 is 10.0 Å². The molecule has 4 aromatic rings. The minimum absolute atomic E-state index is 0.230. The van der Waals surface area contributed by atoms with Crippen LogP contribution >= 0.6 is 27.3 Å². The lowest BCUT2D eigenvalue weighted by Crippen LogP contribution is -2.11. The standard InChI is InChI=1S/C20H18BrN5O3S2/c1-12-13(2)24-26(14(12)3)18-9-10-19(23-22-18)29-16-6-4-15(5-7-16)25-31(27,28)20-11-8-17(21)30-20/h4-11,25H,1-3H3. The Balaban J connectivity index is 1.45. The monoisotopic (exact) mass is 519 g/mol. The Bertz CT molecular complexity index is 1330. The molecule has 0 spiro atoms. The summed E-state index contributed by atoms with van der Waals surface area (Å²) in [6.07, 6.45) is 0. The first-order valence-electron chi connectivity index (χ1n) is 9.16. The third kappa shape index (κ3) is 4.63. The molecule has 0 amide bonds. The molecule has 0 atom stereocenters. The van der Waals surface area contributed by atoms with Crippen molar-refractivity contribution >= 4 is 43.0 Å². The number of hydrogen-bond acceptors (Lipinski definition) is 7. The number of ether oxygens (including phenoxy) is 1. The molecule has 8 nitrogen and oxygen atoms in total. The summed E-state index contributed by atoms with van der Waals surface area (Å²) >= 11 is 4.41. The van der Waals surface area contributed by atoms with Crippen LogP contribution in [0.2, 0.25) is 0 Å². The summed E-state index contributed by atoms with van der Waals surface area (Å²) in [7, 11) is -3.63. The maximum Gasteiger partial charge on any atom is 0.271 e. The highest BCUT2D eigenvalue weighted by molar-refractivity contribution is 9.11. The van der Waals surface area contributed by atoms with Crippen LogP contribution in [0.25, 0.3) is 5.82 Å². The van der Waals surface area contributed by atoms with Crippen molar-refractivity contribution < 1.29 is 13.2 Å².